The van der Waals surface area contributed by atoms with Gasteiger partial charge in [-0.2, -0.15) is 11.8 Å². The van der Waals surface area contributed by atoms with Crippen molar-refractivity contribution in [3.63, 3.8) is 0 Å². The van der Waals surface area contributed by atoms with E-state index in [9.17, 15) is 4.21 Å². The fourth-order valence-corrected chi connectivity index (χ4v) is 6.17. The van der Waals surface area contributed by atoms with Crippen LogP contribution in [0.25, 0.3) is 0 Å². The van der Waals surface area contributed by atoms with Crippen LogP contribution in [0.3, 0.4) is 0 Å². The summed E-state index contributed by atoms with van der Waals surface area (Å²) in [5.74, 6) is 2.16. The Morgan fingerprint density at radius 3 is 3.10 bits per heavy atom. The summed E-state index contributed by atoms with van der Waals surface area (Å²) in [6.45, 7) is 0.692. The molecule has 1 spiro atoms. The third-order valence-corrected chi connectivity index (χ3v) is 7.26. The van der Waals surface area contributed by atoms with E-state index in [2.05, 4.69) is 0 Å². The first-order chi connectivity index (χ1) is 9.60. The molecule has 0 aromatic heterocycles. The molecule has 2 aliphatic heterocycles. The molecule has 2 aliphatic rings. The van der Waals surface area contributed by atoms with Crippen molar-refractivity contribution in [2.45, 2.75) is 35.0 Å². The second kappa shape index (κ2) is 5.87. The number of hydrogen-bond acceptors (Lipinski definition) is 4. The van der Waals surface area contributed by atoms with Crippen LogP contribution in [-0.4, -0.2) is 33.2 Å². The van der Waals surface area contributed by atoms with Gasteiger partial charge in [0, 0.05) is 28.3 Å². The molecule has 3 atom stereocenters. The van der Waals surface area contributed by atoms with Crippen molar-refractivity contribution < 1.29 is 8.95 Å². The molecule has 1 aromatic carbocycles. The van der Waals surface area contributed by atoms with Gasteiger partial charge in [0.15, 0.2) is 0 Å². The lowest BCUT2D eigenvalue weighted by Gasteiger charge is -2.37. The molecule has 0 amide bonds. The van der Waals surface area contributed by atoms with E-state index in [0.717, 1.165) is 30.8 Å². The lowest BCUT2D eigenvalue weighted by atomic mass is 9.93. The van der Waals surface area contributed by atoms with Crippen molar-refractivity contribution in [2.75, 3.05) is 23.8 Å². The molecule has 0 radical (unpaired) electrons. The lowest BCUT2D eigenvalue weighted by Crippen LogP contribution is -2.43. The van der Waals surface area contributed by atoms with Crippen LogP contribution in [0.5, 0.6) is 0 Å². The van der Waals surface area contributed by atoms with E-state index in [1.165, 1.54) is 0 Å². The van der Waals surface area contributed by atoms with Crippen LogP contribution < -0.4 is 5.73 Å². The van der Waals surface area contributed by atoms with Gasteiger partial charge in [0.05, 0.1) is 21.3 Å². The molecule has 1 aromatic rings. The van der Waals surface area contributed by atoms with Crippen LogP contribution in [0.15, 0.2) is 23.1 Å². The smallest absolute Gasteiger partial charge is 0.0791 e. The average Bonchev–Trinajstić information content (AvgIpc) is 2.88. The molecular formula is C14H18ClNO2S2. The minimum Gasteiger partial charge on any atom is -0.398 e. The molecule has 3 nitrogen and oxygen atoms in total. The molecule has 2 fully saturated rings. The van der Waals surface area contributed by atoms with E-state index in [1.54, 1.807) is 18.2 Å². The third kappa shape index (κ3) is 2.86. The average molecular weight is 332 g/mol. The predicted molar refractivity (Wildman–Crippen MR) is 85.9 cm³/mol. The number of benzene rings is 1. The molecule has 0 aliphatic carbocycles. The van der Waals surface area contributed by atoms with Gasteiger partial charge in [-0.1, -0.05) is 11.6 Å². The normalized spacial score (nSPS) is 31.6. The summed E-state index contributed by atoms with van der Waals surface area (Å²) >= 11 is 7.93. The Kier molecular flexibility index (Phi) is 4.32. The molecule has 2 N–H and O–H groups in total. The second-order valence-corrected chi connectivity index (χ2v) is 8.67. The number of halogens is 1. The zero-order valence-corrected chi connectivity index (χ0v) is 13.5. The zero-order chi connectivity index (χ0) is 14.2. The zero-order valence-electron chi connectivity index (χ0n) is 11.1. The first kappa shape index (κ1) is 14.7. The summed E-state index contributed by atoms with van der Waals surface area (Å²) in [6, 6.07) is 5.20. The van der Waals surface area contributed by atoms with Crippen LogP contribution in [0.1, 0.15) is 19.3 Å². The Hall–Kier alpha value is -0.230. The van der Waals surface area contributed by atoms with Gasteiger partial charge in [0.25, 0.3) is 0 Å². The second-order valence-electron chi connectivity index (χ2n) is 5.43. The number of hydrogen-bond donors (Lipinski definition) is 1. The van der Waals surface area contributed by atoms with Crippen molar-refractivity contribution in [3.05, 3.63) is 23.2 Å². The topological polar surface area (TPSA) is 52.3 Å². The standard InChI is InChI=1S/C14H18ClNO2S2/c15-10-1-2-12(16)13(7-10)20(17)11-3-5-18-14(8-11)4-6-19-9-14/h1-2,7,11H,3-6,8-9,16H2. The van der Waals surface area contributed by atoms with Crippen molar-refractivity contribution >= 4 is 39.8 Å². The molecule has 2 saturated heterocycles. The van der Waals surface area contributed by atoms with Gasteiger partial charge in [-0.25, -0.2) is 0 Å². The first-order valence-electron chi connectivity index (χ1n) is 6.77. The number of nitrogens with two attached hydrogens (primary N) is 1. The molecule has 3 rings (SSSR count). The summed E-state index contributed by atoms with van der Waals surface area (Å²) in [5, 5.41) is 0.698. The molecule has 6 heteroatoms. The molecule has 20 heavy (non-hydrogen) atoms. The van der Waals surface area contributed by atoms with Crippen molar-refractivity contribution in [1.82, 2.24) is 0 Å². The fourth-order valence-electron chi connectivity index (χ4n) is 2.89. The van der Waals surface area contributed by atoms with E-state index in [1.807, 2.05) is 11.8 Å². The van der Waals surface area contributed by atoms with Gasteiger partial charge >= 0.3 is 0 Å². The fraction of sp³-hybridized carbons (Fsp3) is 0.571. The minimum absolute atomic E-state index is 0.0589. The first-order valence-corrected chi connectivity index (χ1v) is 9.52. The molecule has 2 heterocycles. The van der Waals surface area contributed by atoms with Crippen molar-refractivity contribution in [3.8, 4) is 0 Å². The summed E-state index contributed by atoms with van der Waals surface area (Å²) < 4.78 is 18.8. The third-order valence-electron chi connectivity index (χ3n) is 4.01. The molecular weight excluding hydrogens is 314 g/mol. The predicted octanol–water partition coefficient (Wildman–Crippen LogP) is 3.08. The summed E-state index contributed by atoms with van der Waals surface area (Å²) in [6.07, 6.45) is 2.75. The quantitative estimate of drug-likeness (QED) is 0.846. The number of rotatable bonds is 2. The van der Waals surface area contributed by atoms with Gasteiger partial charge in [0.1, 0.15) is 0 Å². The van der Waals surface area contributed by atoms with Crippen LogP contribution in [-0.2, 0) is 15.5 Å². The number of ether oxygens (including phenoxy) is 1. The maximum Gasteiger partial charge on any atom is 0.0791 e. The maximum atomic E-state index is 12.8. The minimum atomic E-state index is -1.11. The maximum absolute atomic E-state index is 12.8. The van der Waals surface area contributed by atoms with E-state index in [-0.39, 0.29) is 10.9 Å². The Morgan fingerprint density at radius 2 is 2.35 bits per heavy atom. The Morgan fingerprint density at radius 1 is 1.50 bits per heavy atom. The molecule has 3 unspecified atom stereocenters. The van der Waals surface area contributed by atoms with Crippen molar-refractivity contribution in [2.24, 2.45) is 0 Å². The summed E-state index contributed by atoms with van der Waals surface area (Å²) in [7, 11) is -1.11. The van der Waals surface area contributed by atoms with Gasteiger partial charge < -0.3 is 10.5 Å². The monoisotopic (exact) mass is 331 g/mol. The van der Waals surface area contributed by atoms with Gasteiger partial charge in [0.2, 0.25) is 0 Å². The van der Waals surface area contributed by atoms with Gasteiger partial charge in [-0.3, -0.25) is 4.21 Å². The Balaban J connectivity index is 1.81. The highest BCUT2D eigenvalue weighted by Crippen LogP contribution is 2.40. The highest BCUT2D eigenvalue weighted by atomic mass is 35.5. The SMILES string of the molecule is Nc1ccc(Cl)cc1S(=O)C1CCOC2(CCSC2)C1. The molecule has 0 saturated carbocycles. The summed E-state index contributed by atoms with van der Waals surface area (Å²) in [5.41, 5.74) is 6.46. The van der Waals surface area contributed by atoms with Crippen LogP contribution >= 0.6 is 23.4 Å². The number of anilines is 1. The highest BCUT2D eigenvalue weighted by molar-refractivity contribution is 7.99. The van der Waals surface area contributed by atoms with Gasteiger partial charge in [-0.05, 0) is 43.2 Å². The number of nitrogen functional groups attached to an aromatic ring is 1. The van der Waals surface area contributed by atoms with Crippen LogP contribution in [0.4, 0.5) is 5.69 Å². The van der Waals surface area contributed by atoms with Crippen LogP contribution in [0.2, 0.25) is 5.02 Å². The lowest BCUT2D eigenvalue weighted by molar-refractivity contribution is -0.0567. The highest BCUT2D eigenvalue weighted by Gasteiger charge is 2.42. The Bertz CT molecular complexity index is 532. The van der Waals surface area contributed by atoms with Crippen LogP contribution in [0, 0.1) is 0 Å². The van der Waals surface area contributed by atoms with Gasteiger partial charge in [-0.15, -0.1) is 0 Å². The molecule has 0 bridgehead atoms. The van der Waals surface area contributed by atoms with E-state index < -0.39 is 10.8 Å². The molecule has 110 valence electrons. The van der Waals surface area contributed by atoms with E-state index in [4.69, 9.17) is 22.1 Å². The Labute approximate surface area is 131 Å². The van der Waals surface area contributed by atoms with E-state index in [0.29, 0.717) is 22.2 Å². The van der Waals surface area contributed by atoms with Crippen molar-refractivity contribution in [1.29, 1.82) is 0 Å². The summed E-state index contributed by atoms with van der Waals surface area (Å²) in [4.78, 5) is 0.671. The largest absolute Gasteiger partial charge is 0.398 e. The number of thioether (sulfide) groups is 1. The van der Waals surface area contributed by atoms with E-state index >= 15 is 0 Å².